The number of thioether (sulfide) groups is 1. The highest BCUT2D eigenvalue weighted by molar-refractivity contribution is 8.00. The average molecular weight is 354 g/mol. The third kappa shape index (κ3) is 4.58. The first-order chi connectivity index (χ1) is 9.89. The lowest BCUT2D eigenvalue weighted by molar-refractivity contribution is -0.0328. The van der Waals surface area contributed by atoms with Crippen LogP contribution in [0.3, 0.4) is 0 Å². The smallest absolute Gasteiger partial charge is 0.321 e. The van der Waals surface area contributed by atoms with Crippen LogP contribution in [0, 0.1) is 0 Å². The largest absolute Gasteiger partial charge is 0.446 e. The molecule has 2 rings (SSSR count). The molecule has 0 unspecified atom stereocenters. The van der Waals surface area contributed by atoms with Crippen LogP contribution in [0.15, 0.2) is 29.2 Å². The minimum Gasteiger partial charge on any atom is -0.321 e. The van der Waals surface area contributed by atoms with Gasteiger partial charge in [0, 0.05) is 10.6 Å². The van der Waals surface area contributed by atoms with E-state index in [4.69, 9.17) is 11.6 Å². The van der Waals surface area contributed by atoms with E-state index in [0.29, 0.717) is 11.4 Å². The Hall–Kier alpha value is -1.32. The minimum absolute atomic E-state index is 0.0430. The van der Waals surface area contributed by atoms with Crippen molar-refractivity contribution in [3.8, 4) is 0 Å². The number of nitrogens with zero attached hydrogens (tertiary/aromatic N) is 2. The van der Waals surface area contributed by atoms with Gasteiger partial charge in [0.25, 0.3) is 5.91 Å². The molecule has 2 aromatic rings. The van der Waals surface area contributed by atoms with Crippen molar-refractivity contribution in [1.82, 2.24) is 9.59 Å². The second-order valence-corrected chi connectivity index (χ2v) is 5.87. The zero-order valence-electron chi connectivity index (χ0n) is 10.1. The lowest BCUT2D eigenvalue weighted by atomic mass is 10.3. The van der Waals surface area contributed by atoms with Gasteiger partial charge in [-0.05, 0) is 47.6 Å². The fourth-order valence-electron chi connectivity index (χ4n) is 1.40. The number of halogens is 4. The molecule has 4 nitrogen and oxygen atoms in total. The van der Waals surface area contributed by atoms with Gasteiger partial charge in [-0.15, -0.1) is 16.7 Å². The summed E-state index contributed by atoms with van der Waals surface area (Å²) < 4.78 is 40.2. The maximum Gasteiger partial charge on any atom is 0.446 e. The number of anilines is 1. The standard InChI is InChI=1S/C11H7ClF3N3OS2/c12-5-8-9(21-18-17-8)10(19)16-6-1-3-7(4-2-6)20-11(13,14)15/h1-4H,5H2,(H,16,19). The molecule has 0 saturated carbocycles. The lowest BCUT2D eigenvalue weighted by Crippen LogP contribution is -2.12. The predicted octanol–water partition coefficient (Wildman–Crippen LogP) is 4.14. The molecule has 0 bridgehead atoms. The molecule has 0 fully saturated rings. The summed E-state index contributed by atoms with van der Waals surface area (Å²) in [6, 6.07) is 5.34. The molecule has 0 radical (unpaired) electrons. The second kappa shape index (κ2) is 6.63. The minimum atomic E-state index is -4.34. The summed E-state index contributed by atoms with van der Waals surface area (Å²) in [5.41, 5.74) is -3.60. The van der Waals surface area contributed by atoms with E-state index in [1.807, 2.05) is 0 Å². The molecule has 0 aliphatic rings. The number of hydrogen-bond donors (Lipinski definition) is 1. The van der Waals surface area contributed by atoms with Gasteiger partial charge in [0.15, 0.2) is 0 Å². The third-order valence-corrected chi connectivity index (χ3v) is 3.99. The van der Waals surface area contributed by atoms with E-state index >= 15 is 0 Å². The Balaban J connectivity index is 2.05. The van der Waals surface area contributed by atoms with Crippen molar-refractivity contribution in [3.63, 3.8) is 0 Å². The van der Waals surface area contributed by atoms with Crippen LogP contribution in [0.1, 0.15) is 15.4 Å². The Bertz CT molecular complexity index is 630. The first-order valence-electron chi connectivity index (χ1n) is 5.43. The van der Waals surface area contributed by atoms with Gasteiger partial charge in [0.05, 0.1) is 5.88 Å². The monoisotopic (exact) mass is 353 g/mol. The zero-order valence-corrected chi connectivity index (χ0v) is 12.5. The van der Waals surface area contributed by atoms with Crippen LogP contribution in [0.5, 0.6) is 0 Å². The molecule has 112 valence electrons. The van der Waals surface area contributed by atoms with Gasteiger partial charge in [0.1, 0.15) is 10.6 Å². The van der Waals surface area contributed by atoms with Gasteiger partial charge in [-0.1, -0.05) is 4.49 Å². The highest BCUT2D eigenvalue weighted by atomic mass is 35.5. The summed E-state index contributed by atoms with van der Waals surface area (Å²) in [4.78, 5) is 12.3. The van der Waals surface area contributed by atoms with Gasteiger partial charge in [-0.25, -0.2) is 0 Å². The van der Waals surface area contributed by atoms with E-state index < -0.39 is 11.4 Å². The maximum atomic E-state index is 12.2. The Morgan fingerprint density at radius 2 is 2.00 bits per heavy atom. The van der Waals surface area contributed by atoms with Gasteiger partial charge >= 0.3 is 5.51 Å². The highest BCUT2D eigenvalue weighted by Gasteiger charge is 2.29. The predicted molar refractivity (Wildman–Crippen MR) is 75.8 cm³/mol. The Morgan fingerprint density at radius 3 is 2.57 bits per heavy atom. The Labute approximate surface area is 130 Å². The Morgan fingerprint density at radius 1 is 1.33 bits per heavy atom. The first-order valence-corrected chi connectivity index (χ1v) is 7.56. The van der Waals surface area contributed by atoms with Crippen molar-refractivity contribution < 1.29 is 18.0 Å². The molecule has 0 aliphatic carbocycles. The maximum absolute atomic E-state index is 12.2. The van der Waals surface area contributed by atoms with Crippen LogP contribution in [-0.4, -0.2) is 21.0 Å². The number of nitrogens with one attached hydrogen (secondary N) is 1. The number of aromatic nitrogens is 2. The van der Waals surface area contributed by atoms with E-state index in [1.165, 1.54) is 24.3 Å². The molecule has 0 atom stereocenters. The summed E-state index contributed by atoms with van der Waals surface area (Å²) >= 11 is 6.30. The van der Waals surface area contributed by atoms with E-state index in [-0.39, 0.29) is 27.4 Å². The molecule has 0 saturated heterocycles. The fourth-order valence-corrected chi connectivity index (χ4v) is 2.78. The summed E-state index contributed by atoms with van der Waals surface area (Å²) in [6.07, 6.45) is 0. The third-order valence-electron chi connectivity index (χ3n) is 2.23. The van der Waals surface area contributed by atoms with Crippen LogP contribution in [0.25, 0.3) is 0 Å². The summed E-state index contributed by atoms with van der Waals surface area (Å²) in [5, 5.41) is 6.25. The van der Waals surface area contributed by atoms with Crippen molar-refractivity contribution in [2.45, 2.75) is 16.3 Å². The van der Waals surface area contributed by atoms with Gasteiger partial charge in [-0.3, -0.25) is 4.79 Å². The number of rotatable bonds is 4. The quantitative estimate of drug-likeness (QED) is 0.663. The van der Waals surface area contributed by atoms with Crippen molar-refractivity contribution >= 4 is 46.5 Å². The van der Waals surface area contributed by atoms with Crippen molar-refractivity contribution in [1.29, 1.82) is 0 Å². The zero-order chi connectivity index (χ0) is 15.5. The molecule has 1 heterocycles. The summed E-state index contributed by atoms with van der Waals surface area (Å²) in [6.45, 7) is 0. The number of alkyl halides is 4. The molecule has 0 spiro atoms. The van der Waals surface area contributed by atoms with Crippen molar-refractivity contribution in [3.05, 3.63) is 34.8 Å². The van der Waals surface area contributed by atoms with E-state index in [2.05, 4.69) is 14.9 Å². The van der Waals surface area contributed by atoms with E-state index in [0.717, 1.165) is 11.5 Å². The molecule has 1 aromatic carbocycles. The second-order valence-electron chi connectivity index (χ2n) is 3.71. The van der Waals surface area contributed by atoms with E-state index in [9.17, 15) is 18.0 Å². The number of carbonyl (C=O) groups is 1. The number of carbonyl (C=O) groups excluding carboxylic acids is 1. The molecule has 0 aliphatic heterocycles. The van der Waals surface area contributed by atoms with Gasteiger partial charge in [0.2, 0.25) is 0 Å². The Kier molecular flexibility index (Phi) is 5.07. The SMILES string of the molecule is O=C(Nc1ccc(SC(F)(F)F)cc1)c1snnc1CCl. The van der Waals surface area contributed by atoms with Crippen LogP contribution in [0.4, 0.5) is 18.9 Å². The number of hydrogen-bond acceptors (Lipinski definition) is 5. The van der Waals surface area contributed by atoms with Crippen LogP contribution < -0.4 is 5.32 Å². The van der Waals surface area contributed by atoms with Gasteiger partial charge < -0.3 is 5.32 Å². The van der Waals surface area contributed by atoms with Crippen molar-refractivity contribution in [2.24, 2.45) is 0 Å². The molecule has 10 heteroatoms. The van der Waals surface area contributed by atoms with E-state index in [1.54, 1.807) is 0 Å². The molecule has 21 heavy (non-hydrogen) atoms. The molecule has 1 N–H and O–H groups in total. The first kappa shape index (κ1) is 16.1. The molecule has 1 amide bonds. The molecular weight excluding hydrogens is 347 g/mol. The lowest BCUT2D eigenvalue weighted by Gasteiger charge is -2.07. The van der Waals surface area contributed by atoms with Crippen LogP contribution >= 0.6 is 34.9 Å². The number of benzene rings is 1. The van der Waals surface area contributed by atoms with Crippen LogP contribution in [-0.2, 0) is 5.88 Å². The average Bonchev–Trinajstić information content (AvgIpc) is 2.87. The van der Waals surface area contributed by atoms with Gasteiger partial charge in [-0.2, -0.15) is 13.2 Å². The molecule has 1 aromatic heterocycles. The number of amides is 1. The highest BCUT2D eigenvalue weighted by Crippen LogP contribution is 2.37. The topological polar surface area (TPSA) is 54.9 Å². The fraction of sp³-hybridized carbons (Fsp3) is 0.182. The molecular formula is C11H7ClF3N3OS2. The van der Waals surface area contributed by atoms with Crippen LogP contribution in [0.2, 0.25) is 0 Å². The normalized spacial score (nSPS) is 11.4. The summed E-state index contributed by atoms with van der Waals surface area (Å²) in [5.74, 6) is -0.391. The van der Waals surface area contributed by atoms with Crippen molar-refractivity contribution in [2.75, 3.05) is 5.32 Å². The summed E-state index contributed by atoms with van der Waals surface area (Å²) in [7, 11) is 0.